The smallest absolute Gasteiger partial charge is 0.0638 e. The molecule has 0 aliphatic heterocycles. The van der Waals surface area contributed by atoms with Crippen molar-refractivity contribution in [2.45, 2.75) is 6.54 Å². The van der Waals surface area contributed by atoms with E-state index in [0.29, 0.717) is 0 Å². The third-order valence-corrected chi connectivity index (χ3v) is 3.90. The summed E-state index contributed by atoms with van der Waals surface area (Å²) in [7, 11) is 0. The molecule has 2 aromatic carbocycles. The molecular formula is C15H12BrClN2. The molecule has 0 fully saturated rings. The number of hydrogen-bond donors (Lipinski definition) is 2. The van der Waals surface area contributed by atoms with Gasteiger partial charge in [0.1, 0.15) is 0 Å². The minimum absolute atomic E-state index is 0.725. The van der Waals surface area contributed by atoms with Crippen molar-refractivity contribution < 1.29 is 0 Å². The van der Waals surface area contributed by atoms with Crippen LogP contribution in [-0.4, -0.2) is 4.98 Å². The van der Waals surface area contributed by atoms with E-state index in [-0.39, 0.29) is 0 Å². The molecule has 96 valence electrons. The highest BCUT2D eigenvalue weighted by atomic mass is 79.9. The Morgan fingerprint density at radius 1 is 1.16 bits per heavy atom. The van der Waals surface area contributed by atoms with E-state index < -0.39 is 0 Å². The molecule has 0 saturated heterocycles. The second kappa shape index (κ2) is 5.27. The van der Waals surface area contributed by atoms with Crippen LogP contribution in [0.4, 0.5) is 5.69 Å². The Labute approximate surface area is 124 Å². The summed E-state index contributed by atoms with van der Waals surface area (Å²) in [6.45, 7) is 0.736. The van der Waals surface area contributed by atoms with E-state index in [2.05, 4.69) is 38.4 Å². The van der Waals surface area contributed by atoms with Gasteiger partial charge in [0.2, 0.25) is 0 Å². The Kier molecular flexibility index (Phi) is 3.49. The van der Waals surface area contributed by atoms with E-state index in [1.165, 1.54) is 10.9 Å². The summed E-state index contributed by atoms with van der Waals surface area (Å²) in [4.78, 5) is 3.27. The minimum Gasteiger partial charge on any atom is -0.380 e. The number of rotatable bonds is 3. The fourth-order valence-corrected chi connectivity index (χ4v) is 2.65. The summed E-state index contributed by atoms with van der Waals surface area (Å²) in [5.41, 5.74) is 3.31. The summed E-state index contributed by atoms with van der Waals surface area (Å²) in [6.07, 6.45) is 2.03. The lowest BCUT2D eigenvalue weighted by molar-refractivity contribution is 1.16. The molecule has 3 rings (SSSR count). The molecule has 0 aliphatic rings. The SMILES string of the molecule is Clc1ccc(Br)cc1NCc1c[nH]c2ccccc12. The highest BCUT2D eigenvalue weighted by Crippen LogP contribution is 2.27. The number of H-pyrrole nitrogens is 1. The van der Waals surface area contributed by atoms with Crippen LogP contribution in [0.5, 0.6) is 0 Å². The van der Waals surface area contributed by atoms with Crippen LogP contribution in [0.2, 0.25) is 5.02 Å². The zero-order valence-electron chi connectivity index (χ0n) is 10.1. The van der Waals surface area contributed by atoms with Crippen LogP contribution in [-0.2, 0) is 6.54 Å². The third-order valence-electron chi connectivity index (χ3n) is 3.07. The number of benzene rings is 2. The molecule has 1 heterocycles. The van der Waals surface area contributed by atoms with E-state index in [1.54, 1.807) is 0 Å². The van der Waals surface area contributed by atoms with Crippen LogP contribution in [0.3, 0.4) is 0 Å². The van der Waals surface area contributed by atoms with Crippen LogP contribution in [0.25, 0.3) is 10.9 Å². The number of halogens is 2. The van der Waals surface area contributed by atoms with E-state index >= 15 is 0 Å². The van der Waals surface area contributed by atoms with Crippen molar-refractivity contribution in [3.05, 3.63) is 63.7 Å². The minimum atomic E-state index is 0.725. The van der Waals surface area contributed by atoms with Gasteiger partial charge in [0, 0.05) is 28.1 Å². The molecule has 2 nitrogen and oxygen atoms in total. The van der Waals surface area contributed by atoms with Gasteiger partial charge in [-0.3, -0.25) is 0 Å². The molecule has 0 saturated carbocycles. The van der Waals surface area contributed by atoms with Crippen LogP contribution in [0, 0.1) is 0 Å². The van der Waals surface area contributed by atoms with Gasteiger partial charge >= 0.3 is 0 Å². The average molecular weight is 336 g/mol. The number of hydrogen-bond acceptors (Lipinski definition) is 1. The molecule has 0 atom stereocenters. The van der Waals surface area contributed by atoms with Gasteiger partial charge in [0.15, 0.2) is 0 Å². The fraction of sp³-hybridized carbons (Fsp3) is 0.0667. The quantitative estimate of drug-likeness (QED) is 0.677. The first-order valence-corrected chi connectivity index (χ1v) is 7.15. The molecule has 0 aliphatic carbocycles. The zero-order valence-corrected chi connectivity index (χ0v) is 12.4. The predicted octanol–water partition coefficient (Wildman–Crippen LogP) is 5.20. The largest absolute Gasteiger partial charge is 0.380 e. The molecule has 19 heavy (non-hydrogen) atoms. The molecule has 0 bridgehead atoms. The molecular weight excluding hydrogens is 324 g/mol. The molecule has 0 spiro atoms. The number of para-hydroxylation sites is 1. The molecule has 2 N–H and O–H groups in total. The van der Waals surface area contributed by atoms with E-state index in [9.17, 15) is 0 Å². The molecule has 0 radical (unpaired) electrons. The van der Waals surface area contributed by atoms with Crippen LogP contribution < -0.4 is 5.32 Å². The maximum Gasteiger partial charge on any atom is 0.0638 e. The maximum absolute atomic E-state index is 6.16. The van der Waals surface area contributed by atoms with Gasteiger partial charge in [-0.25, -0.2) is 0 Å². The van der Waals surface area contributed by atoms with Crippen molar-refractivity contribution in [2.75, 3.05) is 5.32 Å². The Bertz CT molecular complexity index is 721. The maximum atomic E-state index is 6.16. The zero-order chi connectivity index (χ0) is 13.2. The second-order valence-corrected chi connectivity index (χ2v) is 5.66. The average Bonchev–Trinajstić information content (AvgIpc) is 2.83. The number of anilines is 1. The second-order valence-electron chi connectivity index (χ2n) is 4.34. The van der Waals surface area contributed by atoms with Gasteiger partial charge < -0.3 is 10.3 Å². The first-order valence-electron chi connectivity index (χ1n) is 5.98. The fourth-order valence-electron chi connectivity index (χ4n) is 2.10. The first-order chi connectivity index (χ1) is 9.24. The molecule has 3 aromatic rings. The normalized spacial score (nSPS) is 10.8. The topological polar surface area (TPSA) is 27.8 Å². The van der Waals surface area contributed by atoms with Crippen molar-refractivity contribution in [1.82, 2.24) is 4.98 Å². The lowest BCUT2D eigenvalue weighted by atomic mass is 10.2. The lowest BCUT2D eigenvalue weighted by Gasteiger charge is -2.08. The number of fused-ring (bicyclic) bond motifs is 1. The number of nitrogens with one attached hydrogen (secondary N) is 2. The molecule has 0 amide bonds. The van der Waals surface area contributed by atoms with Crippen molar-refractivity contribution in [3.8, 4) is 0 Å². The first kappa shape index (κ1) is 12.6. The Balaban J connectivity index is 1.84. The predicted molar refractivity (Wildman–Crippen MR) is 84.8 cm³/mol. The van der Waals surface area contributed by atoms with Gasteiger partial charge in [-0.2, -0.15) is 0 Å². The van der Waals surface area contributed by atoms with E-state index in [1.807, 2.05) is 36.5 Å². The van der Waals surface area contributed by atoms with Crippen LogP contribution in [0.1, 0.15) is 5.56 Å². The van der Waals surface area contributed by atoms with Crippen molar-refractivity contribution in [1.29, 1.82) is 0 Å². The summed E-state index contributed by atoms with van der Waals surface area (Å²) >= 11 is 9.61. The van der Waals surface area contributed by atoms with Gasteiger partial charge in [0.05, 0.1) is 10.7 Å². The van der Waals surface area contributed by atoms with Gasteiger partial charge in [0.25, 0.3) is 0 Å². The molecule has 1 aromatic heterocycles. The molecule has 4 heteroatoms. The van der Waals surface area contributed by atoms with Gasteiger partial charge in [-0.05, 0) is 29.8 Å². The number of aromatic nitrogens is 1. The van der Waals surface area contributed by atoms with E-state index in [4.69, 9.17) is 11.6 Å². The van der Waals surface area contributed by atoms with Crippen molar-refractivity contribution in [2.24, 2.45) is 0 Å². The summed E-state index contributed by atoms with van der Waals surface area (Å²) in [5, 5.41) is 5.33. The highest BCUT2D eigenvalue weighted by Gasteiger charge is 2.04. The standard InChI is InChI=1S/C15H12BrClN2/c16-11-5-6-13(17)15(7-11)19-9-10-8-18-14-4-2-1-3-12(10)14/h1-8,18-19H,9H2. The van der Waals surface area contributed by atoms with Gasteiger partial charge in [-0.1, -0.05) is 45.7 Å². The Morgan fingerprint density at radius 3 is 2.89 bits per heavy atom. The summed E-state index contributed by atoms with van der Waals surface area (Å²) < 4.78 is 1.01. The third kappa shape index (κ3) is 2.62. The van der Waals surface area contributed by atoms with Crippen molar-refractivity contribution >= 4 is 44.1 Å². The molecule has 0 unspecified atom stereocenters. The number of aromatic amines is 1. The van der Waals surface area contributed by atoms with Crippen LogP contribution in [0.15, 0.2) is 53.1 Å². The van der Waals surface area contributed by atoms with Crippen molar-refractivity contribution in [3.63, 3.8) is 0 Å². The highest BCUT2D eigenvalue weighted by molar-refractivity contribution is 9.10. The van der Waals surface area contributed by atoms with E-state index in [0.717, 1.165) is 27.2 Å². The summed E-state index contributed by atoms with van der Waals surface area (Å²) in [6, 6.07) is 14.1. The Hall–Kier alpha value is -1.45. The Morgan fingerprint density at radius 2 is 2.00 bits per heavy atom. The van der Waals surface area contributed by atoms with Crippen LogP contribution >= 0.6 is 27.5 Å². The monoisotopic (exact) mass is 334 g/mol. The van der Waals surface area contributed by atoms with Gasteiger partial charge in [-0.15, -0.1) is 0 Å². The summed E-state index contributed by atoms with van der Waals surface area (Å²) in [5.74, 6) is 0. The lowest BCUT2D eigenvalue weighted by Crippen LogP contribution is -1.99.